The average molecular weight is 267 g/mol. The zero-order chi connectivity index (χ0) is 13.1. The van der Waals surface area contributed by atoms with Gasteiger partial charge < -0.3 is 14.8 Å². The Morgan fingerprint density at radius 2 is 2.11 bits per heavy atom. The summed E-state index contributed by atoms with van der Waals surface area (Å²) in [7, 11) is 0. The van der Waals surface area contributed by atoms with Crippen LogP contribution in [0.15, 0.2) is 34.9 Å². The fourth-order valence-electron chi connectivity index (χ4n) is 1.28. The summed E-state index contributed by atoms with van der Waals surface area (Å²) in [6.45, 7) is 0. The molecule has 0 saturated carbocycles. The molecule has 0 saturated heterocycles. The zero-order valence-electron chi connectivity index (χ0n) is 8.88. The number of amides is 1. The fourth-order valence-corrected chi connectivity index (χ4v) is 1.43. The van der Waals surface area contributed by atoms with E-state index < -0.39 is 11.9 Å². The number of furan rings is 1. The molecule has 2 aromatic rings. The molecule has 0 aliphatic carbocycles. The first-order valence-electron chi connectivity index (χ1n) is 4.83. The molecule has 0 unspecified atom stereocenters. The number of rotatable bonds is 3. The Morgan fingerprint density at radius 1 is 1.33 bits per heavy atom. The van der Waals surface area contributed by atoms with E-state index in [2.05, 4.69) is 10.3 Å². The first-order valence-corrected chi connectivity index (χ1v) is 5.20. The number of carbonyl (C=O) groups excluding carboxylic acids is 1. The molecule has 2 N–H and O–H groups in total. The second-order valence-corrected chi connectivity index (χ2v) is 3.64. The van der Waals surface area contributed by atoms with Crippen LogP contribution in [0.5, 0.6) is 0 Å². The number of pyridine rings is 1. The van der Waals surface area contributed by atoms with Gasteiger partial charge in [-0.15, -0.1) is 0 Å². The van der Waals surface area contributed by atoms with E-state index in [0.717, 1.165) is 0 Å². The van der Waals surface area contributed by atoms with Crippen LogP contribution in [0.1, 0.15) is 20.9 Å². The molecule has 0 atom stereocenters. The normalized spacial score (nSPS) is 10.1. The number of carboxylic acid groups (broad SMARTS) is 1. The SMILES string of the molecule is O=C(Nc1ncccc1C(=O)O)c1ccc(Cl)o1. The van der Waals surface area contributed by atoms with Crippen LogP contribution < -0.4 is 5.32 Å². The molecule has 0 spiro atoms. The van der Waals surface area contributed by atoms with E-state index in [1.165, 1.54) is 30.5 Å². The van der Waals surface area contributed by atoms with Crippen molar-refractivity contribution in [2.45, 2.75) is 0 Å². The molecule has 6 nitrogen and oxygen atoms in total. The largest absolute Gasteiger partial charge is 0.478 e. The number of halogens is 1. The summed E-state index contributed by atoms with van der Waals surface area (Å²) >= 11 is 5.53. The Hall–Kier alpha value is -2.34. The van der Waals surface area contributed by atoms with Crippen molar-refractivity contribution in [2.24, 2.45) is 0 Å². The maximum absolute atomic E-state index is 11.7. The summed E-state index contributed by atoms with van der Waals surface area (Å²) in [5, 5.41) is 11.3. The molecule has 2 rings (SSSR count). The summed E-state index contributed by atoms with van der Waals surface area (Å²) in [5.74, 6) is -1.89. The van der Waals surface area contributed by atoms with Crippen LogP contribution in [0.25, 0.3) is 0 Å². The highest BCUT2D eigenvalue weighted by atomic mass is 35.5. The lowest BCUT2D eigenvalue weighted by molar-refractivity contribution is 0.0697. The summed E-state index contributed by atoms with van der Waals surface area (Å²) in [6.07, 6.45) is 1.37. The number of anilines is 1. The highest BCUT2D eigenvalue weighted by Gasteiger charge is 2.16. The number of hydrogen-bond acceptors (Lipinski definition) is 4. The number of nitrogens with one attached hydrogen (secondary N) is 1. The third kappa shape index (κ3) is 2.49. The van der Waals surface area contributed by atoms with Gasteiger partial charge in [-0.3, -0.25) is 4.79 Å². The van der Waals surface area contributed by atoms with Crippen LogP contribution in [0.4, 0.5) is 5.82 Å². The molecule has 2 heterocycles. The smallest absolute Gasteiger partial charge is 0.339 e. The van der Waals surface area contributed by atoms with Crippen molar-refractivity contribution in [1.82, 2.24) is 4.98 Å². The molecular formula is C11H7ClN2O4. The summed E-state index contributed by atoms with van der Waals surface area (Å²) in [6, 6.07) is 5.58. The minimum atomic E-state index is -1.18. The number of nitrogens with zero attached hydrogens (tertiary/aromatic N) is 1. The Kier molecular flexibility index (Phi) is 3.29. The maximum Gasteiger partial charge on any atom is 0.339 e. The maximum atomic E-state index is 11.7. The van der Waals surface area contributed by atoms with Gasteiger partial charge in [0.05, 0.1) is 0 Å². The molecule has 0 aromatic carbocycles. The summed E-state index contributed by atoms with van der Waals surface area (Å²) in [5.41, 5.74) is -0.108. The molecule has 0 aliphatic heterocycles. The number of aromatic nitrogens is 1. The third-order valence-corrected chi connectivity index (χ3v) is 2.27. The van der Waals surface area contributed by atoms with E-state index in [1.54, 1.807) is 0 Å². The highest BCUT2D eigenvalue weighted by molar-refractivity contribution is 6.29. The van der Waals surface area contributed by atoms with Gasteiger partial charge in [-0.05, 0) is 35.9 Å². The Bertz CT molecular complexity index is 609. The lowest BCUT2D eigenvalue weighted by Crippen LogP contribution is -2.15. The molecular weight excluding hydrogens is 260 g/mol. The fraction of sp³-hybridized carbons (Fsp3) is 0. The van der Waals surface area contributed by atoms with Crippen molar-refractivity contribution >= 4 is 29.3 Å². The predicted molar refractivity (Wildman–Crippen MR) is 62.9 cm³/mol. The molecule has 1 amide bonds. The van der Waals surface area contributed by atoms with E-state index in [4.69, 9.17) is 21.1 Å². The Labute approximate surface area is 106 Å². The Balaban J connectivity index is 2.24. The topological polar surface area (TPSA) is 92.4 Å². The van der Waals surface area contributed by atoms with Crippen LogP contribution in [-0.4, -0.2) is 22.0 Å². The van der Waals surface area contributed by atoms with E-state index in [1.807, 2.05) is 0 Å². The standard InChI is InChI=1S/C11H7ClN2O4/c12-8-4-3-7(18-8)10(15)14-9-6(11(16)17)2-1-5-13-9/h1-5H,(H,16,17)(H,13,14,15). The minimum absolute atomic E-state index is 0.0259. The van der Waals surface area contributed by atoms with Gasteiger partial charge in [-0.2, -0.15) is 0 Å². The monoisotopic (exact) mass is 266 g/mol. The van der Waals surface area contributed by atoms with Gasteiger partial charge in [0.2, 0.25) is 0 Å². The number of hydrogen-bond donors (Lipinski definition) is 2. The van der Waals surface area contributed by atoms with Gasteiger partial charge >= 0.3 is 5.97 Å². The van der Waals surface area contributed by atoms with E-state index >= 15 is 0 Å². The van der Waals surface area contributed by atoms with E-state index in [9.17, 15) is 9.59 Å². The first kappa shape index (κ1) is 12.1. The molecule has 0 bridgehead atoms. The van der Waals surface area contributed by atoms with Gasteiger partial charge in [0.15, 0.2) is 11.0 Å². The molecule has 0 aliphatic rings. The second-order valence-electron chi connectivity index (χ2n) is 3.26. The van der Waals surface area contributed by atoms with Crippen molar-refractivity contribution < 1.29 is 19.1 Å². The quantitative estimate of drug-likeness (QED) is 0.889. The van der Waals surface area contributed by atoms with E-state index in [-0.39, 0.29) is 22.4 Å². The predicted octanol–water partition coefficient (Wildman–Crippen LogP) is 2.28. The van der Waals surface area contributed by atoms with Crippen molar-refractivity contribution in [2.75, 3.05) is 5.32 Å². The Morgan fingerprint density at radius 3 is 2.72 bits per heavy atom. The van der Waals surface area contributed by atoms with Crippen LogP contribution in [-0.2, 0) is 0 Å². The van der Waals surface area contributed by atoms with Crippen LogP contribution >= 0.6 is 11.6 Å². The second kappa shape index (κ2) is 4.89. The molecule has 2 aromatic heterocycles. The minimum Gasteiger partial charge on any atom is -0.478 e. The number of aromatic carboxylic acids is 1. The molecule has 7 heteroatoms. The van der Waals surface area contributed by atoms with Gasteiger partial charge in [0.1, 0.15) is 11.4 Å². The lowest BCUT2D eigenvalue weighted by Gasteiger charge is -2.05. The van der Waals surface area contributed by atoms with Gasteiger partial charge in [-0.25, -0.2) is 9.78 Å². The molecule has 0 fully saturated rings. The number of carboxylic acids is 1. The zero-order valence-corrected chi connectivity index (χ0v) is 9.64. The summed E-state index contributed by atoms with van der Waals surface area (Å²) < 4.78 is 4.90. The lowest BCUT2D eigenvalue weighted by atomic mass is 10.2. The molecule has 92 valence electrons. The van der Waals surface area contributed by atoms with Crippen LogP contribution in [0, 0.1) is 0 Å². The van der Waals surface area contributed by atoms with Gasteiger partial charge in [0, 0.05) is 6.20 Å². The van der Waals surface area contributed by atoms with Crippen molar-refractivity contribution in [3.05, 3.63) is 47.0 Å². The highest BCUT2D eigenvalue weighted by Crippen LogP contribution is 2.16. The molecule has 0 radical (unpaired) electrons. The van der Waals surface area contributed by atoms with Gasteiger partial charge in [0.25, 0.3) is 5.91 Å². The van der Waals surface area contributed by atoms with Crippen LogP contribution in [0.3, 0.4) is 0 Å². The van der Waals surface area contributed by atoms with Crippen molar-refractivity contribution in [3.8, 4) is 0 Å². The molecule has 18 heavy (non-hydrogen) atoms. The number of carbonyl (C=O) groups is 2. The van der Waals surface area contributed by atoms with Crippen molar-refractivity contribution in [1.29, 1.82) is 0 Å². The first-order chi connectivity index (χ1) is 8.58. The third-order valence-electron chi connectivity index (χ3n) is 2.07. The van der Waals surface area contributed by atoms with Gasteiger partial charge in [-0.1, -0.05) is 0 Å². The van der Waals surface area contributed by atoms with Crippen molar-refractivity contribution in [3.63, 3.8) is 0 Å². The average Bonchev–Trinajstić information content (AvgIpc) is 2.76. The van der Waals surface area contributed by atoms with E-state index in [0.29, 0.717) is 0 Å². The summed E-state index contributed by atoms with van der Waals surface area (Å²) in [4.78, 5) is 26.4. The van der Waals surface area contributed by atoms with Crippen LogP contribution in [0.2, 0.25) is 5.22 Å².